The van der Waals surface area contributed by atoms with E-state index in [4.69, 9.17) is 17.3 Å². The van der Waals surface area contributed by atoms with E-state index in [0.717, 1.165) is 9.13 Å². The van der Waals surface area contributed by atoms with Gasteiger partial charge in [0.2, 0.25) is 0 Å². The maximum Gasteiger partial charge on any atom is 0.0704 e. The van der Waals surface area contributed by atoms with E-state index in [2.05, 4.69) is 22.6 Å². The Balaban J connectivity index is 2.97. The summed E-state index contributed by atoms with van der Waals surface area (Å²) in [4.78, 5) is 0. The van der Waals surface area contributed by atoms with Gasteiger partial charge in [-0.15, -0.1) is 0 Å². The van der Waals surface area contributed by atoms with Gasteiger partial charge in [0.1, 0.15) is 0 Å². The second-order valence-corrected chi connectivity index (χ2v) is 4.51. The molecule has 0 aliphatic carbocycles. The topological polar surface area (TPSA) is 46.2 Å². The van der Waals surface area contributed by atoms with Gasteiger partial charge < -0.3 is 10.8 Å². The highest BCUT2D eigenvalue weighted by molar-refractivity contribution is 14.1. The predicted molar refractivity (Wildman–Crippen MR) is 62.8 cm³/mol. The first-order chi connectivity index (χ1) is 6.02. The van der Waals surface area contributed by atoms with Crippen LogP contribution in [0.25, 0.3) is 0 Å². The molecule has 0 unspecified atom stereocenters. The highest BCUT2D eigenvalue weighted by Gasteiger charge is 2.12. The Morgan fingerprint density at radius 2 is 2.15 bits per heavy atom. The van der Waals surface area contributed by atoms with Crippen molar-refractivity contribution in [2.45, 2.75) is 19.1 Å². The molecule has 0 radical (unpaired) electrons. The van der Waals surface area contributed by atoms with Crippen molar-refractivity contribution in [3.05, 3.63) is 32.4 Å². The fraction of sp³-hybridized carbons (Fsp3) is 0.333. The molecular weight excluding hydrogens is 300 g/mol. The van der Waals surface area contributed by atoms with E-state index in [1.165, 1.54) is 0 Å². The third-order valence-electron chi connectivity index (χ3n) is 1.85. The van der Waals surface area contributed by atoms with E-state index in [-0.39, 0.29) is 6.04 Å². The average Bonchev–Trinajstić information content (AvgIpc) is 2.08. The number of halogens is 2. The third kappa shape index (κ3) is 2.80. The van der Waals surface area contributed by atoms with E-state index >= 15 is 0 Å². The molecule has 1 aromatic carbocycles. The van der Waals surface area contributed by atoms with Crippen LogP contribution in [0.1, 0.15) is 18.5 Å². The SMILES string of the molecule is C[C@H](O)[C@@H](N)c1ccc(Cl)c(I)c1. The summed E-state index contributed by atoms with van der Waals surface area (Å²) in [7, 11) is 0. The molecule has 2 atom stereocenters. The molecule has 1 rings (SSSR count). The van der Waals surface area contributed by atoms with Crippen LogP contribution in [0.4, 0.5) is 0 Å². The number of aliphatic hydroxyl groups is 1. The van der Waals surface area contributed by atoms with E-state index in [9.17, 15) is 5.11 Å². The van der Waals surface area contributed by atoms with Gasteiger partial charge in [0.25, 0.3) is 0 Å². The number of aliphatic hydroxyl groups excluding tert-OH is 1. The van der Waals surface area contributed by atoms with Crippen LogP contribution in [0.3, 0.4) is 0 Å². The smallest absolute Gasteiger partial charge is 0.0704 e. The van der Waals surface area contributed by atoms with Crippen molar-refractivity contribution < 1.29 is 5.11 Å². The zero-order chi connectivity index (χ0) is 10.0. The summed E-state index contributed by atoms with van der Waals surface area (Å²) >= 11 is 7.99. The van der Waals surface area contributed by atoms with Crippen molar-refractivity contribution in [1.29, 1.82) is 0 Å². The lowest BCUT2D eigenvalue weighted by molar-refractivity contribution is 0.164. The van der Waals surface area contributed by atoms with Gasteiger partial charge in [-0.1, -0.05) is 17.7 Å². The van der Waals surface area contributed by atoms with Gasteiger partial charge in [-0.3, -0.25) is 0 Å². The van der Waals surface area contributed by atoms with Gasteiger partial charge in [0.05, 0.1) is 17.2 Å². The van der Waals surface area contributed by atoms with Crippen molar-refractivity contribution >= 4 is 34.2 Å². The average molecular weight is 312 g/mol. The lowest BCUT2D eigenvalue weighted by Gasteiger charge is -2.15. The quantitative estimate of drug-likeness (QED) is 0.824. The summed E-state index contributed by atoms with van der Waals surface area (Å²) in [6, 6.07) is 5.18. The molecule has 0 saturated carbocycles. The Bertz CT molecular complexity index is 304. The summed E-state index contributed by atoms with van der Waals surface area (Å²) in [6.07, 6.45) is -0.544. The molecule has 0 amide bonds. The highest BCUT2D eigenvalue weighted by Crippen LogP contribution is 2.23. The van der Waals surface area contributed by atoms with Crippen molar-refractivity contribution in [2.24, 2.45) is 5.73 Å². The number of hydrogen-bond donors (Lipinski definition) is 2. The molecule has 4 heteroatoms. The van der Waals surface area contributed by atoms with Crippen LogP contribution >= 0.6 is 34.2 Å². The lowest BCUT2D eigenvalue weighted by Crippen LogP contribution is -2.23. The first-order valence-electron chi connectivity index (χ1n) is 3.91. The molecule has 13 heavy (non-hydrogen) atoms. The fourth-order valence-corrected chi connectivity index (χ4v) is 1.66. The van der Waals surface area contributed by atoms with E-state index < -0.39 is 6.10 Å². The summed E-state index contributed by atoms with van der Waals surface area (Å²) in [5.74, 6) is 0. The monoisotopic (exact) mass is 311 g/mol. The summed E-state index contributed by atoms with van der Waals surface area (Å²) < 4.78 is 0.952. The highest BCUT2D eigenvalue weighted by atomic mass is 127. The minimum absolute atomic E-state index is 0.342. The fourth-order valence-electron chi connectivity index (χ4n) is 0.998. The molecule has 1 aromatic rings. The minimum atomic E-state index is -0.544. The first kappa shape index (κ1) is 11.2. The van der Waals surface area contributed by atoms with Crippen LogP contribution in [0.5, 0.6) is 0 Å². The molecular formula is C9H11ClINO. The summed E-state index contributed by atoms with van der Waals surface area (Å²) in [6.45, 7) is 1.67. The lowest BCUT2D eigenvalue weighted by atomic mass is 10.0. The van der Waals surface area contributed by atoms with Gasteiger partial charge in [0.15, 0.2) is 0 Å². The maximum absolute atomic E-state index is 9.27. The van der Waals surface area contributed by atoms with Crippen molar-refractivity contribution in [3.63, 3.8) is 0 Å². The molecule has 0 aliphatic rings. The molecule has 0 heterocycles. The second-order valence-electron chi connectivity index (χ2n) is 2.94. The first-order valence-corrected chi connectivity index (χ1v) is 5.36. The Labute approximate surface area is 96.2 Å². The predicted octanol–water partition coefficient (Wildman–Crippen LogP) is 2.33. The molecule has 2 nitrogen and oxygen atoms in total. The molecule has 3 N–H and O–H groups in total. The number of hydrogen-bond acceptors (Lipinski definition) is 2. The zero-order valence-electron chi connectivity index (χ0n) is 7.17. The molecule has 72 valence electrons. The van der Waals surface area contributed by atoms with Crippen molar-refractivity contribution in [3.8, 4) is 0 Å². The van der Waals surface area contributed by atoms with Crippen LogP contribution in [0.15, 0.2) is 18.2 Å². The van der Waals surface area contributed by atoms with Gasteiger partial charge in [-0.2, -0.15) is 0 Å². The second kappa shape index (κ2) is 4.59. The summed E-state index contributed by atoms with van der Waals surface area (Å²) in [5.41, 5.74) is 6.67. The van der Waals surface area contributed by atoms with Crippen LogP contribution in [0, 0.1) is 3.57 Å². The van der Waals surface area contributed by atoms with Crippen LogP contribution in [-0.2, 0) is 0 Å². The third-order valence-corrected chi connectivity index (χ3v) is 3.39. The molecule has 0 fully saturated rings. The summed E-state index contributed by atoms with van der Waals surface area (Å²) in [5, 5.41) is 9.98. The standard InChI is InChI=1S/C9H11ClINO/c1-5(13)9(12)6-2-3-7(10)8(11)4-6/h2-5,9,13H,12H2,1H3/t5-,9+/m0/s1. The Kier molecular flexibility index (Phi) is 3.97. The van der Waals surface area contributed by atoms with Gasteiger partial charge in [-0.25, -0.2) is 0 Å². The Hall–Kier alpha value is 0.160. The number of nitrogens with two attached hydrogens (primary N) is 1. The molecule has 0 saturated heterocycles. The maximum atomic E-state index is 9.27. The number of rotatable bonds is 2. The number of benzene rings is 1. The molecule has 0 aromatic heterocycles. The van der Waals surface area contributed by atoms with Crippen LogP contribution in [0.2, 0.25) is 5.02 Å². The minimum Gasteiger partial charge on any atom is -0.391 e. The Morgan fingerprint density at radius 1 is 1.54 bits per heavy atom. The van der Waals surface area contributed by atoms with Gasteiger partial charge in [0, 0.05) is 3.57 Å². The molecule has 0 spiro atoms. The normalized spacial score (nSPS) is 15.5. The molecule has 0 bridgehead atoms. The Morgan fingerprint density at radius 3 is 2.62 bits per heavy atom. The van der Waals surface area contributed by atoms with Crippen LogP contribution < -0.4 is 5.73 Å². The zero-order valence-corrected chi connectivity index (χ0v) is 10.1. The van der Waals surface area contributed by atoms with Crippen LogP contribution in [-0.4, -0.2) is 11.2 Å². The van der Waals surface area contributed by atoms with Gasteiger partial charge in [-0.05, 0) is 47.2 Å². The van der Waals surface area contributed by atoms with E-state index in [1.807, 2.05) is 12.1 Å². The molecule has 0 aliphatic heterocycles. The van der Waals surface area contributed by atoms with E-state index in [1.54, 1.807) is 13.0 Å². The van der Waals surface area contributed by atoms with Gasteiger partial charge >= 0.3 is 0 Å². The van der Waals surface area contributed by atoms with E-state index in [0.29, 0.717) is 5.02 Å². The largest absolute Gasteiger partial charge is 0.391 e. The van der Waals surface area contributed by atoms with Crippen molar-refractivity contribution in [1.82, 2.24) is 0 Å². The van der Waals surface area contributed by atoms with Crippen molar-refractivity contribution in [2.75, 3.05) is 0 Å².